The summed E-state index contributed by atoms with van der Waals surface area (Å²) in [5, 5.41) is -0.418. The monoisotopic (exact) mass is 247 g/mol. The summed E-state index contributed by atoms with van der Waals surface area (Å²) in [6.45, 7) is 0. The van der Waals surface area contributed by atoms with E-state index in [1.165, 1.54) is 18.2 Å². The van der Waals surface area contributed by atoms with Crippen LogP contribution in [0.5, 0.6) is 0 Å². The Hall–Kier alpha value is -1.49. The van der Waals surface area contributed by atoms with Crippen LogP contribution in [0.3, 0.4) is 0 Å². The number of benzene rings is 1. The molecule has 2 rings (SSSR count). The normalized spacial score (nSPS) is 12.0. The van der Waals surface area contributed by atoms with E-state index in [4.69, 9.17) is 11.6 Å². The molecule has 0 spiro atoms. The van der Waals surface area contributed by atoms with Crippen LogP contribution in [0.15, 0.2) is 29.2 Å². The molecular weight excluding hydrogens is 243 g/mol. The van der Waals surface area contributed by atoms with Crippen molar-refractivity contribution < 1.29 is 13.2 Å². The van der Waals surface area contributed by atoms with Crippen molar-refractivity contribution in [1.82, 2.24) is 4.98 Å². The van der Waals surface area contributed by atoms with Gasteiger partial charge in [0.2, 0.25) is 0 Å². The highest BCUT2D eigenvalue weighted by Gasteiger charge is 2.33. The lowest BCUT2D eigenvalue weighted by molar-refractivity contribution is -0.136. The second-order valence-corrected chi connectivity index (χ2v) is 3.60. The van der Waals surface area contributed by atoms with Crippen LogP contribution < -0.4 is 5.56 Å². The minimum absolute atomic E-state index is 0.0673. The largest absolute Gasteiger partial charge is 0.418 e. The van der Waals surface area contributed by atoms with Gasteiger partial charge in [-0.2, -0.15) is 13.2 Å². The van der Waals surface area contributed by atoms with E-state index in [1.54, 1.807) is 0 Å². The molecule has 84 valence electrons. The first kappa shape index (κ1) is 11.0. The van der Waals surface area contributed by atoms with E-state index < -0.39 is 17.3 Å². The molecule has 1 heterocycles. The van der Waals surface area contributed by atoms with Crippen LogP contribution in [0, 0.1) is 0 Å². The maximum absolute atomic E-state index is 12.6. The first-order chi connectivity index (χ1) is 7.41. The molecule has 0 aliphatic carbocycles. The molecule has 0 unspecified atom stereocenters. The highest BCUT2D eigenvalue weighted by atomic mass is 35.5. The highest BCUT2D eigenvalue weighted by Crippen LogP contribution is 2.36. The van der Waals surface area contributed by atoms with E-state index in [-0.39, 0.29) is 15.8 Å². The maximum atomic E-state index is 12.6. The Labute approximate surface area is 92.7 Å². The van der Waals surface area contributed by atoms with Gasteiger partial charge in [0.1, 0.15) is 0 Å². The van der Waals surface area contributed by atoms with Crippen molar-refractivity contribution in [3.8, 4) is 0 Å². The highest BCUT2D eigenvalue weighted by molar-refractivity contribution is 6.35. The standard InChI is InChI=1S/C10H5ClF3NO/c11-7-3-1-2-5-8(7)6(10(12,13)14)4-15-9(5)16/h1-4H,(H,15,16). The lowest BCUT2D eigenvalue weighted by Gasteiger charge is -2.10. The number of alkyl halides is 3. The fourth-order valence-corrected chi connectivity index (χ4v) is 1.77. The Bertz CT molecular complexity index is 603. The summed E-state index contributed by atoms with van der Waals surface area (Å²) in [5.41, 5.74) is -1.53. The third-order valence-corrected chi connectivity index (χ3v) is 2.50. The summed E-state index contributed by atoms with van der Waals surface area (Å²) in [5.74, 6) is 0. The second kappa shape index (κ2) is 3.52. The zero-order chi connectivity index (χ0) is 11.9. The zero-order valence-electron chi connectivity index (χ0n) is 7.73. The topological polar surface area (TPSA) is 32.9 Å². The Balaban J connectivity index is 2.98. The van der Waals surface area contributed by atoms with Gasteiger partial charge in [-0.3, -0.25) is 4.79 Å². The lowest BCUT2D eigenvalue weighted by Crippen LogP contribution is -2.13. The fraction of sp³-hybridized carbons (Fsp3) is 0.100. The Morgan fingerprint density at radius 3 is 2.56 bits per heavy atom. The molecular formula is C10H5ClF3NO. The van der Waals surface area contributed by atoms with Crippen molar-refractivity contribution in [2.75, 3.05) is 0 Å². The molecule has 0 saturated carbocycles. The molecule has 0 aliphatic rings. The van der Waals surface area contributed by atoms with Crippen LogP contribution in [0.4, 0.5) is 13.2 Å². The van der Waals surface area contributed by atoms with Crippen molar-refractivity contribution >= 4 is 22.4 Å². The molecule has 1 N–H and O–H groups in total. The van der Waals surface area contributed by atoms with Gasteiger partial charge in [-0.25, -0.2) is 0 Å². The summed E-state index contributed by atoms with van der Waals surface area (Å²) in [6.07, 6.45) is -3.91. The summed E-state index contributed by atoms with van der Waals surface area (Å²) in [6, 6.07) is 4.05. The molecule has 0 amide bonds. The third-order valence-electron chi connectivity index (χ3n) is 2.18. The number of hydrogen-bond acceptors (Lipinski definition) is 1. The van der Waals surface area contributed by atoms with E-state index in [0.717, 1.165) is 0 Å². The Morgan fingerprint density at radius 1 is 1.25 bits per heavy atom. The molecule has 2 nitrogen and oxygen atoms in total. The summed E-state index contributed by atoms with van der Waals surface area (Å²) in [4.78, 5) is 13.4. The zero-order valence-corrected chi connectivity index (χ0v) is 8.49. The number of H-pyrrole nitrogens is 1. The van der Waals surface area contributed by atoms with Gasteiger partial charge in [-0.1, -0.05) is 17.7 Å². The van der Waals surface area contributed by atoms with Gasteiger partial charge in [-0.05, 0) is 12.1 Å². The van der Waals surface area contributed by atoms with Gasteiger partial charge in [0, 0.05) is 22.0 Å². The average Bonchev–Trinajstić information content (AvgIpc) is 2.18. The number of hydrogen-bond donors (Lipinski definition) is 1. The van der Waals surface area contributed by atoms with Gasteiger partial charge < -0.3 is 4.98 Å². The lowest BCUT2D eigenvalue weighted by atomic mass is 10.1. The molecule has 1 aromatic carbocycles. The average molecular weight is 248 g/mol. The smallest absolute Gasteiger partial charge is 0.328 e. The SMILES string of the molecule is O=c1[nH]cc(C(F)(F)F)c2c(Cl)cccc12. The van der Waals surface area contributed by atoms with Gasteiger partial charge in [0.25, 0.3) is 5.56 Å². The number of halogens is 4. The van der Waals surface area contributed by atoms with Crippen LogP contribution in [-0.4, -0.2) is 4.98 Å². The van der Waals surface area contributed by atoms with E-state index >= 15 is 0 Å². The minimum atomic E-state index is -4.55. The molecule has 2 aromatic rings. The van der Waals surface area contributed by atoms with Crippen LogP contribution in [0.25, 0.3) is 10.8 Å². The number of rotatable bonds is 0. The first-order valence-corrected chi connectivity index (χ1v) is 4.66. The van der Waals surface area contributed by atoms with Crippen LogP contribution in [0.2, 0.25) is 5.02 Å². The first-order valence-electron chi connectivity index (χ1n) is 4.28. The van der Waals surface area contributed by atoms with E-state index in [1.807, 2.05) is 4.98 Å². The van der Waals surface area contributed by atoms with E-state index in [0.29, 0.717) is 6.20 Å². The maximum Gasteiger partial charge on any atom is 0.418 e. The number of aromatic amines is 1. The van der Waals surface area contributed by atoms with Crippen LogP contribution >= 0.6 is 11.6 Å². The van der Waals surface area contributed by atoms with Crippen molar-refractivity contribution in [3.05, 3.63) is 45.3 Å². The van der Waals surface area contributed by atoms with E-state index in [2.05, 4.69) is 0 Å². The quantitative estimate of drug-likeness (QED) is 0.762. The van der Waals surface area contributed by atoms with Crippen LogP contribution in [-0.2, 0) is 6.18 Å². The van der Waals surface area contributed by atoms with Crippen LogP contribution in [0.1, 0.15) is 5.56 Å². The van der Waals surface area contributed by atoms with Crippen molar-refractivity contribution in [3.63, 3.8) is 0 Å². The molecule has 0 atom stereocenters. The summed E-state index contributed by atoms with van der Waals surface area (Å²) < 4.78 is 37.9. The number of pyridine rings is 1. The van der Waals surface area contributed by atoms with Crippen molar-refractivity contribution in [2.24, 2.45) is 0 Å². The molecule has 0 bridgehead atoms. The molecule has 0 fully saturated rings. The minimum Gasteiger partial charge on any atom is -0.328 e. The molecule has 0 aliphatic heterocycles. The second-order valence-electron chi connectivity index (χ2n) is 3.19. The Kier molecular flexibility index (Phi) is 2.42. The fourth-order valence-electron chi connectivity index (χ4n) is 1.50. The molecule has 0 radical (unpaired) electrons. The van der Waals surface area contributed by atoms with Gasteiger partial charge in [0.15, 0.2) is 0 Å². The molecule has 0 saturated heterocycles. The number of nitrogens with one attached hydrogen (secondary N) is 1. The van der Waals surface area contributed by atoms with Gasteiger partial charge >= 0.3 is 6.18 Å². The summed E-state index contributed by atoms with van der Waals surface area (Å²) >= 11 is 5.69. The molecule has 1 aromatic heterocycles. The van der Waals surface area contributed by atoms with Gasteiger partial charge in [-0.15, -0.1) is 0 Å². The predicted octanol–water partition coefficient (Wildman–Crippen LogP) is 3.20. The molecule has 16 heavy (non-hydrogen) atoms. The van der Waals surface area contributed by atoms with Gasteiger partial charge in [0.05, 0.1) is 5.56 Å². The third kappa shape index (κ3) is 1.67. The van der Waals surface area contributed by atoms with Crippen molar-refractivity contribution in [1.29, 1.82) is 0 Å². The van der Waals surface area contributed by atoms with E-state index in [9.17, 15) is 18.0 Å². The molecule has 6 heteroatoms. The predicted molar refractivity (Wildman–Crippen MR) is 54.6 cm³/mol. The van der Waals surface area contributed by atoms with Crippen molar-refractivity contribution in [2.45, 2.75) is 6.18 Å². The Morgan fingerprint density at radius 2 is 1.94 bits per heavy atom. The number of aromatic nitrogens is 1. The summed E-state index contributed by atoms with van der Waals surface area (Å²) in [7, 11) is 0. The number of fused-ring (bicyclic) bond motifs is 1.